The maximum absolute atomic E-state index is 14.9. The molecule has 1 aliphatic heterocycles. The van der Waals surface area contributed by atoms with Crippen molar-refractivity contribution >= 4 is 5.65 Å². The molecule has 0 radical (unpaired) electrons. The van der Waals surface area contributed by atoms with Crippen LogP contribution in [-0.2, 0) is 13.0 Å². The van der Waals surface area contributed by atoms with E-state index in [0.29, 0.717) is 29.5 Å². The maximum atomic E-state index is 14.9. The van der Waals surface area contributed by atoms with Crippen LogP contribution in [0.4, 0.5) is 4.39 Å². The molecule has 37 heavy (non-hydrogen) atoms. The normalized spacial score (nSPS) is 15.1. The topological polar surface area (TPSA) is 84.6 Å². The van der Waals surface area contributed by atoms with Crippen LogP contribution in [0, 0.1) is 5.82 Å². The van der Waals surface area contributed by atoms with Crippen molar-refractivity contribution in [2.24, 2.45) is 0 Å². The standard InChI is InChI=1S/C27H33FN8O/c1-5-34-8-10-35(11-9-34)16-19-6-7-20(29-13-19)12-24-30-14-21(28)25(33-24)22-17-36-23(18(2)3)15-31-26(36)27(32-22)37-4/h6-7,13-15,17-18H,5,8-12,16H2,1-4H3. The number of imidazole rings is 1. The van der Waals surface area contributed by atoms with Crippen molar-refractivity contribution in [2.75, 3.05) is 39.8 Å². The summed E-state index contributed by atoms with van der Waals surface area (Å²) in [5.41, 5.74) is 4.05. The van der Waals surface area contributed by atoms with Crippen LogP contribution in [-0.4, -0.2) is 79.0 Å². The Hall–Kier alpha value is -3.50. The van der Waals surface area contributed by atoms with Crippen LogP contribution in [0.1, 0.15) is 49.5 Å². The van der Waals surface area contributed by atoms with Gasteiger partial charge in [-0.1, -0.05) is 26.8 Å². The fraction of sp³-hybridized carbons (Fsp3) is 0.444. The number of ether oxygens (including phenoxy) is 1. The van der Waals surface area contributed by atoms with Gasteiger partial charge in [0.15, 0.2) is 5.82 Å². The molecule has 4 aromatic rings. The molecular formula is C27H33FN8O. The summed E-state index contributed by atoms with van der Waals surface area (Å²) in [6.45, 7) is 12.7. The van der Waals surface area contributed by atoms with E-state index in [1.165, 1.54) is 18.9 Å². The Kier molecular flexibility index (Phi) is 7.38. The van der Waals surface area contributed by atoms with E-state index in [1.807, 2.05) is 16.7 Å². The highest BCUT2D eigenvalue weighted by atomic mass is 19.1. The molecule has 0 aromatic carbocycles. The number of hydrogen-bond acceptors (Lipinski definition) is 8. The molecule has 0 aliphatic carbocycles. The van der Waals surface area contributed by atoms with Crippen molar-refractivity contribution in [1.29, 1.82) is 0 Å². The first kappa shape index (κ1) is 25.2. The Morgan fingerprint density at radius 2 is 1.76 bits per heavy atom. The number of hydrogen-bond donors (Lipinski definition) is 0. The molecular weight excluding hydrogens is 471 g/mol. The van der Waals surface area contributed by atoms with Crippen LogP contribution >= 0.6 is 0 Å². The fourth-order valence-electron chi connectivity index (χ4n) is 4.66. The van der Waals surface area contributed by atoms with Gasteiger partial charge in [-0.05, 0) is 24.1 Å². The molecule has 0 saturated carbocycles. The van der Waals surface area contributed by atoms with Gasteiger partial charge in [0, 0.05) is 62.7 Å². The Balaban J connectivity index is 1.35. The lowest BCUT2D eigenvalue weighted by Crippen LogP contribution is -2.45. The van der Waals surface area contributed by atoms with E-state index in [-0.39, 0.29) is 11.6 Å². The zero-order valence-corrected chi connectivity index (χ0v) is 21.9. The minimum absolute atomic E-state index is 0.122. The van der Waals surface area contributed by atoms with Gasteiger partial charge in [0.05, 0.1) is 19.7 Å². The van der Waals surface area contributed by atoms with Crippen LogP contribution in [0.3, 0.4) is 0 Å². The average Bonchev–Trinajstić information content (AvgIpc) is 3.35. The quantitative estimate of drug-likeness (QED) is 0.360. The zero-order chi connectivity index (χ0) is 25.9. The average molecular weight is 505 g/mol. The molecule has 0 atom stereocenters. The van der Waals surface area contributed by atoms with Gasteiger partial charge in [-0.15, -0.1) is 0 Å². The number of piperazine rings is 1. The van der Waals surface area contributed by atoms with Crippen molar-refractivity contribution in [1.82, 2.24) is 39.1 Å². The van der Waals surface area contributed by atoms with Gasteiger partial charge >= 0.3 is 0 Å². The van der Waals surface area contributed by atoms with Gasteiger partial charge in [-0.25, -0.2) is 24.3 Å². The van der Waals surface area contributed by atoms with E-state index in [2.05, 4.69) is 61.6 Å². The van der Waals surface area contributed by atoms with Gasteiger partial charge in [0.2, 0.25) is 5.65 Å². The smallest absolute Gasteiger partial charge is 0.258 e. The lowest BCUT2D eigenvalue weighted by molar-refractivity contribution is 0.132. The molecule has 10 heteroatoms. The summed E-state index contributed by atoms with van der Waals surface area (Å²) in [4.78, 5) is 27.2. The van der Waals surface area contributed by atoms with Gasteiger partial charge in [0.1, 0.15) is 17.2 Å². The van der Waals surface area contributed by atoms with Crippen molar-refractivity contribution < 1.29 is 9.13 Å². The lowest BCUT2D eigenvalue weighted by atomic mass is 10.1. The third kappa shape index (κ3) is 5.45. The number of aromatic nitrogens is 6. The Morgan fingerprint density at radius 3 is 2.43 bits per heavy atom. The highest BCUT2D eigenvalue weighted by molar-refractivity contribution is 5.61. The van der Waals surface area contributed by atoms with Crippen LogP contribution in [0.15, 0.2) is 36.9 Å². The lowest BCUT2D eigenvalue weighted by Gasteiger charge is -2.33. The number of pyridine rings is 1. The monoisotopic (exact) mass is 504 g/mol. The largest absolute Gasteiger partial charge is 0.478 e. The van der Waals surface area contributed by atoms with Gasteiger partial charge in [-0.2, -0.15) is 0 Å². The number of nitrogens with zero attached hydrogens (tertiary/aromatic N) is 8. The first-order chi connectivity index (χ1) is 17.9. The van der Waals surface area contributed by atoms with E-state index < -0.39 is 5.82 Å². The molecule has 1 aliphatic rings. The first-order valence-corrected chi connectivity index (χ1v) is 12.8. The molecule has 194 valence electrons. The van der Waals surface area contributed by atoms with Gasteiger partial charge < -0.3 is 9.64 Å². The van der Waals surface area contributed by atoms with Crippen LogP contribution < -0.4 is 4.74 Å². The SMILES string of the molecule is CCN1CCN(Cc2ccc(Cc3ncc(F)c(-c4cn5c(C(C)C)cnc5c(OC)n4)n3)nc2)CC1. The van der Waals surface area contributed by atoms with E-state index >= 15 is 0 Å². The number of fused-ring (bicyclic) bond motifs is 1. The molecule has 1 saturated heterocycles. The number of rotatable bonds is 8. The van der Waals surface area contributed by atoms with Gasteiger partial charge in [0.25, 0.3) is 5.88 Å². The molecule has 0 spiro atoms. The van der Waals surface area contributed by atoms with Crippen LogP contribution in [0.25, 0.3) is 17.0 Å². The van der Waals surface area contributed by atoms with Crippen molar-refractivity contribution in [3.05, 3.63) is 65.5 Å². The van der Waals surface area contributed by atoms with E-state index in [0.717, 1.165) is 50.7 Å². The summed E-state index contributed by atoms with van der Waals surface area (Å²) in [6, 6.07) is 4.10. The first-order valence-electron chi connectivity index (χ1n) is 12.8. The number of likely N-dealkylation sites (N-methyl/N-ethyl adjacent to an activating group) is 1. The van der Waals surface area contributed by atoms with Crippen molar-refractivity contribution in [3.8, 4) is 17.3 Å². The maximum Gasteiger partial charge on any atom is 0.258 e. The number of methoxy groups -OCH3 is 1. The molecule has 1 fully saturated rings. The second kappa shape index (κ2) is 10.9. The van der Waals surface area contributed by atoms with Crippen molar-refractivity contribution in [2.45, 2.75) is 39.7 Å². The zero-order valence-electron chi connectivity index (χ0n) is 21.9. The molecule has 5 rings (SSSR count). The molecule has 4 aromatic heterocycles. The van der Waals surface area contributed by atoms with E-state index in [1.54, 1.807) is 12.4 Å². The highest BCUT2D eigenvalue weighted by Crippen LogP contribution is 2.27. The van der Waals surface area contributed by atoms with Gasteiger partial charge in [-0.3, -0.25) is 14.3 Å². The minimum atomic E-state index is -0.546. The highest BCUT2D eigenvalue weighted by Gasteiger charge is 2.19. The summed E-state index contributed by atoms with van der Waals surface area (Å²) < 4.78 is 22.2. The third-order valence-corrected chi connectivity index (χ3v) is 6.86. The predicted molar refractivity (Wildman–Crippen MR) is 139 cm³/mol. The molecule has 0 unspecified atom stereocenters. The summed E-state index contributed by atoms with van der Waals surface area (Å²) in [5, 5.41) is 0. The summed E-state index contributed by atoms with van der Waals surface area (Å²) in [6.07, 6.45) is 7.04. The molecule has 0 N–H and O–H groups in total. The summed E-state index contributed by atoms with van der Waals surface area (Å²) in [7, 11) is 1.53. The van der Waals surface area contributed by atoms with Crippen LogP contribution in [0.5, 0.6) is 5.88 Å². The second-order valence-corrected chi connectivity index (χ2v) is 9.69. The predicted octanol–water partition coefficient (Wildman–Crippen LogP) is 3.58. The Bertz CT molecular complexity index is 1360. The Labute approximate surface area is 216 Å². The molecule has 0 amide bonds. The third-order valence-electron chi connectivity index (χ3n) is 6.86. The van der Waals surface area contributed by atoms with E-state index in [4.69, 9.17) is 4.74 Å². The second-order valence-electron chi connectivity index (χ2n) is 9.69. The molecule has 0 bridgehead atoms. The molecule has 9 nitrogen and oxygen atoms in total. The van der Waals surface area contributed by atoms with E-state index in [9.17, 15) is 4.39 Å². The summed E-state index contributed by atoms with van der Waals surface area (Å²) >= 11 is 0. The van der Waals surface area contributed by atoms with Crippen LogP contribution in [0.2, 0.25) is 0 Å². The van der Waals surface area contributed by atoms with Crippen molar-refractivity contribution in [3.63, 3.8) is 0 Å². The fourth-order valence-corrected chi connectivity index (χ4v) is 4.66. The Morgan fingerprint density at radius 1 is 0.973 bits per heavy atom. The minimum Gasteiger partial charge on any atom is -0.478 e. The molecule has 5 heterocycles. The number of halogens is 1. The summed E-state index contributed by atoms with van der Waals surface area (Å²) in [5.74, 6) is 0.464.